The van der Waals surface area contributed by atoms with Crippen LogP contribution in [0.2, 0.25) is 0 Å². The summed E-state index contributed by atoms with van der Waals surface area (Å²) < 4.78 is 43.5. The Kier molecular flexibility index (Phi) is 11.5. The number of halogens is 2. The third-order valence-electron chi connectivity index (χ3n) is 7.87. The lowest BCUT2D eigenvalue weighted by Gasteiger charge is -2.19. The van der Waals surface area contributed by atoms with E-state index in [-0.39, 0.29) is 6.04 Å². The number of likely N-dealkylation sites (N-methyl/N-ethyl adjacent to an activating group) is 1. The van der Waals surface area contributed by atoms with Gasteiger partial charge in [0.15, 0.2) is 11.5 Å². The summed E-state index contributed by atoms with van der Waals surface area (Å²) in [6, 6.07) is 28.7. The summed E-state index contributed by atoms with van der Waals surface area (Å²) in [4.78, 5) is 18.4. The minimum absolute atomic E-state index is 0.186. The number of aromatic amines is 1. The summed E-state index contributed by atoms with van der Waals surface area (Å²) in [5.74, 6) is 0.964. The quantitative estimate of drug-likeness (QED) is 0.131. The summed E-state index contributed by atoms with van der Waals surface area (Å²) in [6.45, 7) is 0.468. The number of carbonyl (C=O) groups excluding carboxylic acids is 1. The minimum atomic E-state index is -0.578. The molecule has 0 fully saturated rings. The Morgan fingerprint density at radius 3 is 2.27 bits per heavy atom. The maximum Gasteiger partial charge on any atom is 0.162 e. The largest absolute Gasteiger partial charge is 0.497 e. The molecule has 1 unspecified atom stereocenters. The number of aldehydes is 1. The Labute approximate surface area is 278 Å². The molecule has 2 aromatic heterocycles. The highest BCUT2D eigenvalue weighted by atomic mass is 19.1. The highest BCUT2D eigenvalue weighted by molar-refractivity contribution is 5.88. The molecule has 6 aromatic rings. The van der Waals surface area contributed by atoms with E-state index in [0.29, 0.717) is 36.5 Å². The van der Waals surface area contributed by atoms with Gasteiger partial charge in [0.25, 0.3) is 0 Å². The molecule has 1 atom stereocenters. The van der Waals surface area contributed by atoms with E-state index in [0.717, 1.165) is 57.0 Å². The van der Waals surface area contributed by atoms with Gasteiger partial charge in [-0.2, -0.15) is 0 Å². The number of nitrogens with zero attached hydrogens (tertiary/aromatic N) is 1. The number of hydrogen-bond acceptors (Lipinski definition) is 6. The van der Waals surface area contributed by atoms with Crippen molar-refractivity contribution in [1.82, 2.24) is 15.3 Å². The SMILES string of the molecule is CNC(Cc1cc(F)cc(F)c1)c1ncccc1-c1ccc(OC)cc1.COc1cc2[nH]cc(CC=O)c2cc1OCc1ccccc1. The Morgan fingerprint density at radius 2 is 1.60 bits per heavy atom. The number of hydrogen-bond donors (Lipinski definition) is 2. The van der Waals surface area contributed by atoms with Crippen LogP contribution >= 0.6 is 0 Å². The molecular weight excluding hydrogens is 612 g/mol. The molecule has 4 aromatic carbocycles. The molecule has 0 spiro atoms. The molecule has 0 aliphatic heterocycles. The standard InChI is InChI=1S/C21H20F2N2O.C18H17NO3/c1-24-20(12-14-10-16(22)13-17(23)11-14)21-19(4-3-9-25-21)15-5-7-18(26-2)8-6-15;1-21-17-10-16-15(14(7-8-20)11-19-16)9-18(17)22-12-13-5-3-2-4-6-13/h3-11,13,20,24H,12H2,1-2H3;2-6,8-11,19H,7,12H2,1H3. The number of nitrogens with one attached hydrogen (secondary N) is 2. The highest BCUT2D eigenvalue weighted by Gasteiger charge is 2.18. The Morgan fingerprint density at radius 1 is 0.854 bits per heavy atom. The molecule has 0 amide bonds. The predicted molar refractivity (Wildman–Crippen MR) is 183 cm³/mol. The van der Waals surface area contributed by atoms with E-state index in [4.69, 9.17) is 14.2 Å². The minimum Gasteiger partial charge on any atom is -0.497 e. The normalized spacial score (nSPS) is 11.4. The molecule has 0 saturated heterocycles. The van der Waals surface area contributed by atoms with Gasteiger partial charge < -0.3 is 29.3 Å². The molecule has 6 rings (SSSR count). The lowest BCUT2D eigenvalue weighted by Crippen LogP contribution is -2.21. The Bertz CT molecular complexity index is 1930. The summed E-state index contributed by atoms with van der Waals surface area (Å²) in [5.41, 5.74) is 6.34. The molecule has 0 aliphatic carbocycles. The van der Waals surface area contributed by atoms with E-state index in [2.05, 4.69) is 15.3 Å². The number of rotatable bonds is 12. The van der Waals surface area contributed by atoms with E-state index < -0.39 is 11.6 Å². The summed E-state index contributed by atoms with van der Waals surface area (Å²) in [6.07, 6.45) is 5.27. The molecule has 0 saturated carbocycles. The van der Waals surface area contributed by atoms with Crippen LogP contribution in [0, 0.1) is 11.6 Å². The number of methoxy groups -OCH3 is 2. The number of aromatic nitrogens is 2. The molecule has 2 heterocycles. The van der Waals surface area contributed by atoms with Crippen LogP contribution in [0.4, 0.5) is 8.78 Å². The van der Waals surface area contributed by atoms with Gasteiger partial charge in [0, 0.05) is 47.4 Å². The number of H-pyrrole nitrogens is 1. The molecule has 0 bridgehead atoms. The van der Waals surface area contributed by atoms with Gasteiger partial charge in [0.1, 0.15) is 30.3 Å². The lowest BCUT2D eigenvalue weighted by atomic mass is 9.95. The lowest BCUT2D eigenvalue weighted by molar-refractivity contribution is -0.107. The number of ether oxygens (including phenoxy) is 3. The average Bonchev–Trinajstić information content (AvgIpc) is 3.51. The second kappa shape index (κ2) is 16.3. The van der Waals surface area contributed by atoms with E-state index in [1.807, 2.05) is 92.1 Å². The van der Waals surface area contributed by atoms with Gasteiger partial charge in [-0.3, -0.25) is 4.98 Å². The first-order chi connectivity index (χ1) is 23.4. The van der Waals surface area contributed by atoms with Gasteiger partial charge in [-0.25, -0.2) is 8.78 Å². The maximum absolute atomic E-state index is 13.5. The fraction of sp³-hybridized carbons (Fsp3) is 0.179. The number of fused-ring (bicyclic) bond motifs is 1. The van der Waals surface area contributed by atoms with Crippen molar-refractivity contribution < 1.29 is 27.8 Å². The first-order valence-corrected chi connectivity index (χ1v) is 15.4. The first kappa shape index (κ1) is 33.8. The van der Waals surface area contributed by atoms with Crippen LogP contribution in [0.25, 0.3) is 22.0 Å². The van der Waals surface area contributed by atoms with E-state index >= 15 is 0 Å². The average molecular weight is 650 g/mol. The Balaban J connectivity index is 0.000000190. The third kappa shape index (κ3) is 8.43. The summed E-state index contributed by atoms with van der Waals surface area (Å²) in [5, 5.41) is 4.19. The number of carbonyl (C=O) groups is 1. The van der Waals surface area contributed by atoms with Crippen molar-refractivity contribution in [3.8, 4) is 28.4 Å². The molecule has 48 heavy (non-hydrogen) atoms. The van der Waals surface area contributed by atoms with Crippen LogP contribution in [-0.2, 0) is 24.2 Å². The Hall–Kier alpha value is -5.54. The monoisotopic (exact) mass is 649 g/mol. The van der Waals surface area contributed by atoms with Gasteiger partial charge in [0.05, 0.1) is 26.0 Å². The van der Waals surface area contributed by atoms with Crippen LogP contribution in [0.5, 0.6) is 17.2 Å². The number of pyridine rings is 1. The van der Waals surface area contributed by atoms with Crippen molar-refractivity contribution in [2.75, 3.05) is 21.3 Å². The zero-order valence-corrected chi connectivity index (χ0v) is 27.0. The summed E-state index contributed by atoms with van der Waals surface area (Å²) >= 11 is 0. The molecular formula is C39H37F2N3O4. The van der Waals surface area contributed by atoms with Crippen molar-refractivity contribution in [2.45, 2.75) is 25.5 Å². The fourth-order valence-corrected chi connectivity index (χ4v) is 5.46. The van der Waals surface area contributed by atoms with E-state index in [1.165, 1.54) is 12.1 Å². The molecule has 9 heteroatoms. The van der Waals surface area contributed by atoms with E-state index in [9.17, 15) is 13.6 Å². The van der Waals surface area contributed by atoms with E-state index in [1.54, 1.807) is 20.4 Å². The maximum atomic E-state index is 13.5. The fourth-order valence-electron chi connectivity index (χ4n) is 5.46. The third-order valence-corrected chi connectivity index (χ3v) is 7.87. The molecule has 7 nitrogen and oxygen atoms in total. The predicted octanol–water partition coefficient (Wildman–Crippen LogP) is 8.04. The van der Waals surface area contributed by atoms with Crippen molar-refractivity contribution in [2.24, 2.45) is 0 Å². The van der Waals surface area contributed by atoms with Gasteiger partial charge >= 0.3 is 0 Å². The topological polar surface area (TPSA) is 85.5 Å². The van der Waals surface area contributed by atoms with Crippen molar-refractivity contribution >= 4 is 17.2 Å². The van der Waals surface area contributed by atoms with Crippen LogP contribution in [0.15, 0.2) is 109 Å². The van der Waals surface area contributed by atoms with Crippen molar-refractivity contribution in [3.05, 3.63) is 143 Å². The van der Waals surface area contributed by atoms with Gasteiger partial charge in [-0.1, -0.05) is 48.5 Å². The molecule has 2 N–H and O–H groups in total. The van der Waals surface area contributed by atoms with Gasteiger partial charge in [-0.15, -0.1) is 0 Å². The van der Waals surface area contributed by atoms with Crippen LogP contribution in [0.3, 0.4) is 0 Å². The molecule has 0 aliphatic rings. The van der Waals surface area contributed by atoms with Crippen LogP contribution < -0.4 is 19.5 Å². The zero-order chi connectivity index (χ0) is 33.9. The van der Waals surface area contributed by atoms with Crippen LogP contribution in [0.1, 0.15) is 28.4 Å². The smallest absolute Gasteiger partial charge is 0.162 e. The second-order valence-corrected chi connectivity index (χ2v) is 11.0. The second-order valence-electron chi connectivity index (χ2n) is 11.0. The number of benzene rings is 4. The van der Waals surface area contributed by atoms with Crippen molar-refractivity contribution in [1.29, 1.82) is 0 Å². The van der Waals surface area contributed by atoms with Gasteiger partial charge in [0.2, 0.25) is 0 Å². The zero-order valence-electron chi connectivity index (χ0n) is 27.0. The summed E-state index contributed by atoms with van der Waals surface area (Å²) in [7, 11) is 5.05. The highest BCUT2D eigenvalue weighted by Crippen LogP contribution is 2.34. The van der Waals surface area contributed by atoms with Crippen molar-refractivity contribution in [3.63, 3.8) is 0 Å². The first-order valence-electron chi connectivity index (χ1n) is 15.4. The van der Waals surface area contributed by atoms with Gasteiger partial charge in [-0.05, 0) is 72.1 Å². The van der Waals surface area contributed by atoms with Crippen LogP contribution in [-0.4, -0.2) is 37.5 Å². The molecule has 0 radical (unpaired) electrons. The molecule has 246 valence electrons.